The maximum atomic E-state index is 12.4. The van der Waals surface area contributed by atoms with Crippen LogP contribution in [0.2, 0.25) is 0 Å². The topological polar surface area (TPSA) is 57.7 Å². The average Bonchev–Trinajstić information content (AvgIpc) is 3.13. The van der Waals surface area contributed by atoms with Crippen LogP contribution >= 0.6 is 11.3 Å². The maximum absolute atomic E-state index is 12.4. The molecule has 0 amide bonds. The number of hydrogen-bond acceptors (Lipinski definition) is 6. The lowest BCUT2D eigenvalue weighted by Gasteiger charge is -2.14. The Morgan fingerprint density at radius 3 is 2.67 bits per heavy atom. The van der Waals surface area contributed by atoms with Crippen LogP contribution in [-0.2, 0) is 11.3 Å². The van der Waals surface area contributed by atoms with Crippen LogP contribution in [-0.4, -0.2) is 24.7 Å². The zero-order valence-corrected chi connectivity index (χ0v) is 16.3. The largest absolute Gasteiger partial charge is 0.496 e. The number of esters is 1. The van der Waals surface area contributed by atoms with E-state index in [0.29, 0.717) is 17.9 Å². The zero-order valence-electron chi connectivity index (χ0n) is 15.5. The molecule has 3 rings (SSSR count). The van der Waals surface area contributed by atoms with E-state index in [2.05, 4.69) is 4.98 Å². The predicted octanol–water partition coefficient (Wildman–Crippen LogP) is 4.88. The van der Waals surface area contributed by atoms with Crippen molar-refractivity contribution in [1.29, 1.82) is 0 Å². The van der Waals surface area contributed by atoms with Crippen molar-refractivity contribution >= 4 is 17.3 Å². The van der Waals surface area contributed by atoms with Gasteiger partial charge in [0.05, 0.1) is 24.4 Å². The maximum Gasteiger partial charge on any atom is 0.341 e. The van der Waals surface area contributed by atoms with Gasteiger partial charge in [-0.25, -0.2) is 9.78 Å². The number of carbonyl (C=O) groups is 1. The van der Waals surface area contributed by atoms with Gasteiger partial charge in [-0.05, 0) is 38.1 Å². The third-order valence-corrected chi connectivity index (χ3v) is 4.74. The number of nitrogens with zero attached hydrogens (tertiary/aromatic N) is 1. The highest BCUT2D eigenvalue weighted by molar-refractivity contribution is 7.09. The molecule has 0 radical (unpaired) electrons. The van der Waals surface area contributed by atoms with E-state index < -0.39 is 5.97 Å². The fraction of sp³-hybridized carbons (Fsp3) is 0.238. The molecule has 0 unspecified atom stereocenters. The minimum Gasteiger partial charge on any atom is -0.496 e. The molecule has 0 aliphatic heterocycles. The van der Waals surface area contributed by atoms with E-state index >= 15 is 0 Å². The molecule has 0 saturated heterocycles. The van der Waals surface area contributed by atoms with Crippen LogP contribution < -0.4 is 9.47 Å². The van der Waals surface area contributed by atoms with Gasteiger partial charge in [0.2, 0.25) is 0 Å². The van der Waals surface area contributed by atoms with Gasteiger partial charge in [0, 0.05) is 16.5 Å². The quantitative estimate of drug-likeness (QED) is 0.544. The summed E-state index contributed by atoms with van der Waals surface area (Å²) in [5, 5.41) is 2.94. The van der Waals surface area contributed by atoms with Gasteiger partial charge in [-0.15, -0.1) is 11.3 Å². The molecular weight excluding hydrogens is 362 g/mol. The Kier molecular flexibility index (Phi) is 6.08. The van der Waals surface area contributed by atoms with Crippen LogP contribution in [0.15, 0.2) is 47.8 Å². The van der Waals surface area contributed by atoms with Gasteiger partial charge in [-0.2, -0.15) is 0 Å². The van der Waals surface area contributed by atoms with Crippen molar-refractivity contribution in [3.8, 4) is 22.8 Å². The van der Waals surface area contributed by atoms with Gasteiger partial charge >= 0.3 is 5.97 Å². The molecule has 0 N–H and O–H groups in total. The highest BCUT2D eigenvalue weighted by Gasteiger charge is 2.17. The predicted molar refractivity (Wildman–Crippen MR) is 106 cm³/mol. The van der Waals surface area contributed by atoms with E-state index in [-0.39, 0.29) is 6.61 Å². The number of aryl methyl sites for hydroxylation is 1. The first-order chi connectivity index (χ1) is 13.1. The second-order valence-corrected chi connectivity index (χ2v) is 6.85. The van der Waals surface area contributed by atoms with Gasteiger partial charge in [0.15, 0.2) is 0 Å². The summed E-state index contributed by atoms with van der Waals surface area (Å²) in [4.78, 5) is 16.9. The monoisotopic (exact) mass is 383 g/mol. The lowest BCUT2D eigenvalue weighted by atomic mass is 10.1. The first-order valence-electron chi connectivity index (χ1n) is 8.60. The van der Waals surface area contributed by atoms with E-state index in [1.165, 1.54) is 0 Å². The Hall–Kier alpha value is -2.86. The fourth-order valence-electron chi connectivity index (χ4n) is 2.66. The molecule has 27 heavy (non-hydrogen) atoms. The molecule has 0 bridgehead atoms. The van der Waals surface area contributed by atoms with Gasteiger partial charge in [-0.1, -0.05) is 18.2 Å². The minimum atomic E-state index is -0.415. The fourth-order valence-corrected chi connectivity index (χ4v) is 3.28. The number of methoxy groups -OCH3 is 1. The van der Waals surface area contributed by atoms with Crippen molar-refractivity contribution < 1.29 is 19.0 Å². The number of thiazole rings is 1. The minimum absolute atomic E-state index is 0.283. The molecule has 0 atom stereocenters. The molecule has 140 valence electrons. The highest BCUT2D eigenvalue weighted by atomic mass is 32.1. The lowest BCUT2D eigenvalue weighted by molar-refractivity contribution is 0.0521. The van der Waals surface area contributed by atoms with Gasteiger partial charge < -0.3 is 14.2 Å². The molecule has 3 aromatic rings. The van der Waals surface area contributed by atoms with E-state index in [4.69, 9.17) is 14.2 Å². The lowest BCUT2D eigenvalue weighted by Crippen LogP contribution is -2.08. The van der Waals surface area contributed by atoms with Crippen molar-refractivity contribution in [2.75, 3.05) is 13.7 Å². The molecule has 1 aromatic heterocycles. The third-order valence-electron chi connectivity index (χ3n) is 3.97. The molecule has 1 heterocycles. The third kappa shape index (κ3) is 4.46. The molecule has 0 aliphatic carbocycles. The van der Waals surface area contributed by atoms with Gasteiger partial charge in [-0.3, -0.25) is 0 Å². The number of carbonyl (C=O) groups excluding carboxylic acids is 1. The summed E-state index contributed by atoms with van der Waals surface area (Å²) in [5.74, 6) is 0.793. The first kappa shape index (κ1) is 18.9. The first-order valence-corrected chi connectivity index (χ1v) is 9.48. The van der Waals surface area contributed by atoms with Gasteiger partial charge in [0.1, 0.15) is 23.7 Å². The molecule has 0 fully saturated rings. The average molecular weight is 383 g/mol. The molecule has 5 nitrogen and oxygen atoms in total. The Balaban J connectivity index is 1.90. The van der Waals surface area contributed by atoms with Crippen molar-refractivity contribution in [1.82, 2.24) is 4.98 Å². The molecule has 0 spiro atoms. The summed E-state index contributed by atoms with van der Waals surface area (Å²) >= 11 is 1.57. The van der Waals surface area contributed by atoms with Crippen molar-refractivity contribution in [3.05, 3.63) is 64.0 Å². The molecule has 6 heteroatoms. The Morgan fingerprint density at radius 2 is 1.96 bits per heavy atom. The van der Waals surface area contributed by atoms with Gasteiger partial charge in [0.25, 0.3) is 0 Å². The molecule has 2 aromatic carbocycles. The van der Waals surface area contributed by atoms with Crippen LogP contribution in [0.5, 0.6) is 11.5 Å². The Labute approximate surface area is 162 Å². The normalized spacial score (nSPS) is 10.5. The van der Waals surface area contributed by atoms with Crippen molar-refractivity contribution in [2.45, 2.75) is 20.5 Å². The zero-order chi connectivity index (χ0) is 19.2. The van der Waals surface area contributed by atoms with E-state index in [1.807, 2.05) is 42.6 Å². The molecular formula is C21H21NO4S. The second-order valence-electron chi connectivity index (χ2n) is 5.78. The van der Waals surface area contributed by atoms with Crippen molar-refractivity contribution in [3.63, 3.8) is 0 Å². The standard InChI is InChI=1S/C21H21NO4S/c1-4-25-21(23)17-11-15(18-13-27-14(2)22-18)9-10-20(17)26-12-16-7-5-6-8-19(16)24-3/h5-11,13H,4,12H2,1-3H3. The molecule has 0 aliphatic rings. The summed E-state index contributed by atoms with van der Waals surface area (Å²) in [5.41, 5.74) is 2.97. The number of ether oxygens (including phenoxy) is 3. The number of rotatable bonds is 7. The summed E-state index contributed by atoms with van der Waals surface area (Å²) in [6, 6.07) is 13.1. The molecule has 0 saturated carbocycles. The van der Waals surface area contributed by atoms with Crippen molar-refractivity contribution in [2.24, 2.45) is 0 Å². The van der Waals surface area contributed by atoms with Crippen LogP contribution in [0.1, 0.15) is 27.9 Å². The summed E-state index contributed by atoms with van der Waals surface area (Å²) in [6.07, 6.45) is 0. The van der Waals surface area contributed by atoms with E-state index in [9.17, 15) is 4.79 Å². The summed E-state index contributed by atoms with van der Waals surface area (Å²) in [7, 11) is 1.62. The number of benzene rings is 2. The number of hydrogen-bond donors (Lipinski definition) is 0. The van der Waals surface area contributed by atoms with E-state index in [1.54, 1.807) is 37.5 Å². The Morgan fingerprint density at radius 1 is 1.15 bits per heavy atom. The highest BCUT2D eigenvalue weighted by Crippen LogP contribution is 2.29. The van der Waals surface area contributed by atoms with Crippen LogP contribution in [0.3, 0.4) is 0 Å². The number of para-hydroxylation sites is 1. The number of aromatic nitrogens is 1. The van der Waals surface area contributed by atoms with Crippen LogP contribution in [0.25, 0.3) is 11.3 Å². The summed E-state index contributed by atoms with van der Waals surface area (Å²) in [6.45, 7) is 4.31. The van der Waals surface area contributed by atoms with Crippen LogP contribution in [0.4, 0.5) is 0 Å². The SMILES string of the molecule is CCOC(=O)c1cc(-c2csc(C)n2)ccc1OCc1ccccc1OC. The van der Waals surface area contributed by atoms with E-state index in [0.717, 1.165) is 27.6 Å². The van der Waals surface area contributed by atoms with Crippen LogP contribution in [0, 0.1) is 6.92 Å². The smallest absolute Gasteiger partial charge is 0.341 e. The summed E-state index contributed by atoms with van der Waals surface area (Å²) < 4.78 is 16.5. The Bertz CT molecular complexity index is 935. The second kappa shape index (κ2) is 8.68.